The number of alkyl halides is 3. The van der Waals surface area contributed by atoms with Gasteiger partial charge in [-0.3, -0.25) is 4.79 Å². The first-order chi connectivity index (χ1) is 12.6. The van der Waals surface area contributed by atoms with Crippen LogP contribution < -0.4 is 4.74 Å². The van der Waals surface area contributed by atoms with Crippen molar-refractivity contribution in [2.75, 3.05) is 6.61 Å². The minimum absolute atomic E-state index is 0.0889. The van der Waals surface area contributed by atoms with E-state index in [-0.39, 0.29) is 18.1 Å². The lowest BCUT2D eigenvalue weighted by Gasteiger charge is -2.11. The number of carboxylic acids is 1. The summed E-state index contributed by atoms with van der Waals surface area (Å²) in [6.07, 6.45) is -4.74. The molecule has 0 atom stereocenters. The first-order valence-electron chi connectivity index (χ1n) is 7.56. The largest absolute Gasteiger partial charge is 0.476 e. The molecular formula is C16H14F4N2O5. The molecule has 0 bridgehead atoms. The van der Waals surface area contributed by atoms with Gasteiger partial charge in [-0.1, -0.05) is 0 Å². The maximum absolute atomic E-state index is 13.4. The summed E-state index contributed by atoms with van der Waals surface area (Å²) in [6.45, 7) is 0.691. The fourth-order valence-corrected chi connectivity index (χ4v) is 2.12. The summed E-state index contributed by atoms with van der Waals surface area (Å²) in [7, 11) is 0. The predicted octanol–water partition coefficient (Wildman–Crippen LogP) is 2.88. The van der Waals surface area contributed by atoms with Gasteiger partial charge in [0.15, 0.2) is 5.69 Å². The Morgan fingerprint density at radius 1 is 1.22 bits per heavy atom. The smallest absolute Gasteiger partial charge is 0.416 e. The van der Waals surface area contributed by atoms with Crippen LogP contribution in [-0.2, 0) is 28.9 Å². The summed E-state index contributed by atoms with van der Waals surface area (Å²) in [5, 5.41) is 12.6. The van der Waals surface area contributed by atoms with Crippen LogP contribution in [0.4, 0.5) is 17.6 Å². The Balaban J connectivity index is 2.23. The maximum Gasteiger partial charge on any atom is 0.416 e. The van der Waals surface area contributed by atoms with Crippen molar-refractivity contribution < 1.29 is 41.7 Å². The molecule has 1 aromatic carbocycles. The molecule has 1 heterocycles. The van der Waals surface area contributed by atoms with Gasteiger partial charge >= 0.3 is 18.1 Å². The Bertz CT molecular complexity index is 848. The van der Waals surface area contributed by atoms with Gasteiger partial charge in [-0.15, -0.1) is 0 Å². The normalized spacial score (nSPS) is 11.3. The average molecular weight is 390 g/mol. The molecule has 146 valence electrons. The number of hydrogen-bond acceptors (Lipinski definition) is 5. The van der Waals surface area contributed by atoms with Crippen LogP contribution in [-0.4, -0.2) is 33.4 Å². The summed E-state index contributed by atoms with van der Waals surface area (Å²) in [4.78, 5) is 22.6. The third-order valence-electron chi connectivity index (χ3n) is 3.22. The Morgan fingerprint density at radius 2 is 1.93 bits per heavy atom. The van der Waals surface area contributed by atoms with Gasteiger partial charge in [0.2, 0.25) is 5.88 Å². The van der Waals surface area contributed by atoms with Crippen LogP contribution in [0.2, 0.25) is 0 Å². The molecule has 0 aliphatic carbocycles. The van der Waals surface area contributed by atoms with Crippen LogP contribution in [0.15, 0.2) is 24.3 Å². The van der Waals surface area contributed by atoms with E-state index in [4.69, 9.17) is 14.6 Å². The van der Waals surface area contributed by atoms with Gasteiger partial charge in [-0.2, -0.15) is 18.3 Å². The van der Waals surface area contributed by atoms with Crippen molar-refractivity contribution in [1.29, 1.82) is 0 Å². The van der Waals surface area contributed by atoms with Gasteiger partial charge < -0.3 is 14.6 Å². The Kier molecular flexibility index (Phi) is 6.03. The average Bonchev–Trinajstić information content (AvgIpc) is 2.95. The molecule has 1 aromatic heterocycles. The van der Waals surface area contributed by atoms with Crippen LogP contribution in [0, 0.1) is 5.82 Å². The van der Waals surface area contributed by atoms with Crippen molar-refractivity contribution in [3.8, 4) is 5.88 Å². The number of nitrogens with zero attached hydrogens (tertiary/aromatic N) is 2. The van der Waals surface area contributed by atoms with Crippen LogP contribution in [0.1, 0.15) is 28.5 Å². The predicted molar refractivity (Wildman–Crippen MR) is 81.6 cm³/mol. The number of ether oxygens (including phenoxy) is 2. The van der Waals surface area contributed by atoms with Crippen molar-refractivity contribution in [3.63, 3.8) is 0 Å². The topological polar surface area (TPSA) is 90.7 Å². The van der Waals surface area contributed by atoms with E-state index in [1.807, 2.05) is 0 Å². The SMILES string of the molecule is CCOC(=O)Cn1nc(C(=O)O)cc1OCc1cc(F)cc(C(F)(F)F)c1. The van der Waals surface area contributed by atoms with Gasteiger partial charge in [0.1, 0.15) is 19.0 Å². The highest BCUT2D eigenvalue weighted by atomic mass is 19.4. The molecule has 0 saturated carbocycles. The first-order valence-corrected chi connectivity index (χ1v) is 7.56. The minimum atomic E-state index is -4.74. The number of carbonyl (C=O) groups is 2. The highest BCUT2D eigenvalue weighted by molar-refractivity contribution is 5.85. The van der Waals surface area contributed by atoms with Crippen LogP contribution >= 0.6 is 0 Å². The monoisotopic (exact) mass is 390 g/mol. The summed E-state index contributed by atoms with van der Waals surface area (Å²) in [5.74, 6) is -3.41. The zero-order valence-corrected chi connectivity index (χ0v) is 13.9. The summed E-state index contributed by atoms with van der Waals surface area (Å²) >= 11 is 0. The lowest BCUT2D eigenvalue weighted by Crippen LogP contribution is -2.16. The molecular weight excluding hydrogens is 376 g/mol. The van der Waals surface area contributed by atoms with Crippen molar-refractivity contribution in [2.45, 2.75) is 26.3 Å². The summed E-state index contributed by atoms with van der Waals surface area (Å²) in [6, 6.07) is 2.88. The van der Waals surface area contributed by atoms with E-state index in [0.29, 0.717) is 12.1 Å². The second-order valence-corrected chi connectivity index (χ2v) is 5.27. The van der Waals surface area contributed by atoms with E-state index in [0.717, 1.165) is 16.8 Å². The third-order valence-corrected chi connectivity index (χ3v) is 3.22. The molecule has 0 fully saturated rings. The molecule has 0 aliphatic heterocycles. The molecule has 1 N–H and O–H groups in total. The number of halogens is 4. The number of carbonyl (C=O) groups excluding carboxylic acids is 1. The molecule has 0 unspecified atom stereocenters. The highest BCUT2D eigenvalue weighted by Crippen LogP contribution is 2.30. The maximum atomic E-state index is 13.4. The molecule has 0 aliphatic rings. The Morgan fingerprint density at radius 3 is 2.52 bits per heavy atom. The van der Waals surface area contributed by atoms with Gasteiger partial charge in [0.25, 0.3) is 0 Å². The van der Waals surface area contributed by atoms with Crippen molar-refractivity contribution >= 4 is 11.9 Å². The van der Waals surface area contributed by atoms with Gasteiger partial charge in [0, 0.05) is 6.07 Å². The summed E-state index contributed by atoms with van der Waals surface area (Å²) in [5.41, 5.74) is -1.76. The van der Waals surface area contributed by atoms with Crippen LogP contribution in [0.25, 0.3) is 0 Å². The second kappa shape index (κ2) is 8.06. The minimum Gasteiger partial charge on any atom is -0.476 e. The lowest BCUT2D eigenvalue weighted by molar-refractivity contribution is -0.144. The van der Waals surface area contributed by atoms with Gasteiger partial charge in [-0.05, 0) is 30.7 Å². The molecule has 2 rings (SSSR count). The van der Waals surface area contributed by atoms with Crippen molar-refractivity contribution in [1.82, 2.24) is 9.78 Å². The van der Waals surface area contributed by atoms with Gasteiger partial charge in [0.05, 0.1) is 12.2 Å². The van der Waals surface area contributed by atoms with E-state index in [1.165, 1.54) is 0 Å². The van der Waals surface area contributed by atoms with E-state index >= 15 is 0 Å². The first kappa shape index (κ1) is 20.2. The van der Waals surface area contributed by atoms with Crippen LogP contribution in [0.3, 0.4) is 0 Å². The van der Waals surface area contributed by atoms with E-state index in [1.54, 1.807) is 6.92 Å². The molecule has 0 radical (unpaired) electrons. The summed E-state index contributed by atoms with van der Waals surface area (Å²) < 4.78 is 62.5. The zero-order chi connectivity index (χ0) is 20.2. The molecule has 2 aromatic rings. The number of aromatic nitrogens is 2. The lowest BCUT2D eigenvalue weighted by atomic mass is 10.1. The van der Waals surface area contributed by atoms with Crippen LogP contribution in [0.5, 0.6) is 5.88 Å². The van der Waals surface area contributed by atoms with Crippen molar-refractivity contribution in [3.05, 3.63) is 46.9 Å². The number of esters is 1. The molecule has 0 amide bonds. The van der Waals surface area contributed by atoms with E-state index < -0.39 is 48.3 Å². The number of hydrogen-bond donors (Lipinski definition) is 1. The third kappa shape index (κ3) is 5.43. The standard InChI is InChI=1S/C16H14F4N2O5/c1-2-26-14(23)7-22-13(6-12(21-22)15(24)25)27-8-9-3-10(16(18,19)20)5-11(17)4-9/h3-6H,2,7-8H2,1H3,(H,24,25). The fraction of sp³-hybridized carbons (Fsp3) is 0.312. The van der Waals surface area contributed by atoms with Gasteiger partial charge in [-0.25, -0.2) is 13.9 Å². The zero-order valence-electron chi connectivity index (χ0n) is 13.9. The number of aromatic carboxylic acids is 1. The number of carboxylic acid groups (broad SMARTS) is 1. The fourth-order valence-electron chi connectivity index (χ4n) is 2.12. The second-order valence-electron chi connectivity index (χ2n) is 5.27. The Labute approximate surface area is 150 Å². The molecule has 0 spiro atoms. The molecule has 0 saturated heterocycles. The number of rotatable bonds is 7. The number of benzene rings is 1. The Hall–Kier alpha value is -3.11. The highest BCUT2D eigenvalue weighted by Gasteiger charge is 2.31. The quantitative estimate of drug-likeness (QED) is 0.578. The molecule has 7 nitrogen and oxygen atoms in total. The van der Waals surface area contributed by atoms with E-state index in [2.05, 4.69) is 5.10 Å². The molecule has 11 heteroatoms. The van der Waals surface area contributed by atoms with E-state index in [9.17, 15) is 27.2 Å². The van der Waals surface area contributed by atoms with Crippen molar-refractivity contribution in [2.24, 2.45) is 0 Å². The molecule has 27 heavy (non-hydrogen) atoms.